The average molecular weight is 424 g/mol. The maximum absolute atomic E-state index is 12.7. The van der Waals surface area contributed by atoms with E-state index in [0.717, 1.165) is 5.56 Å². The molecule has 0 saturated carbocycles. The zero-order chi connectivity index (χ0) is 21.3. The Morgan fingerprint density at radius 2 is 1.80 bits per heavy atom. The van der Waals surface area contributed by atoms with Crippen LogP contribution in [0.1, 0.15) is 21.5 Å². The molecule has 8 heteroatoms. The van der Waals surface area contributed by atoms with Crippen LogP contribution in [0.4, 0.5) is 11.4 Å². The molecule has 2 N–H and O–H groups in total. The van der Waals surface area contributed by atoms with Crippen LogP contribution < -0.4 is 19.5 Å². The maximum Gasteiger partial charge on any atom is 0.259 e. The number of sulfonamides is 1. The Balaban J connectivity index is 1.60. The van der Waals surface area contributed by atoms with Crippen LogP contribution in [-0.2, 0) is 15.8 Å². The fraction of sp³-hybridized carbons (Fsp3) is 0.136. The Bertz CT molecular complexity index is 1240. The van der Waals surface area contributed by atoms with Gasteiger partial charge in [0.2, 0.25) is 10.0 Å². The number of para-hydroxylation sites is 1. The second kappa shape index (κ2) is 7.72. The first-order valence-corrected chi connectivity index (χ1v) is 10.9. The third kappa shape index (κ3) is 4.08. The molecule has 0 fully saturated rings. The van der Waals surface area contributed by atoms with Crippen molar-refractivity contribution in [3.8, 4) is 17.2 Å². The Morgan fingerprint density at radius 1 is 1.03 bits per heavy atom. The van der Waals surface area contributed by atoms with Crippen molar-refractivity contribution in [1.29, 1.82) is 0 Å². The quantitative estimate of drug-likeness (QED) is 0.637. The Kier molecular flexibility index (Phi) is 5.09. The third-order valence-corrected chi connectivity index (χ3v) is 5.88. The van der Waals surface area contributed by atoms with Gasteiger partial charge < -0.3 is 14.8 Å². The summed E-state index contributed by atoms with van der Waals surface area (Å²) in [6, 6.07) is 17.0. The standard InChI is InChI=1S/C22H20N2O5S/c1-14-7-9-21-18(11-14)23-22(25)17-12-16(8-10-20(17)29-21)24-30(26,27)13-15-5-3-4-6-19(15)28-2/h3-12,24H,13H2,1-2H3,(H,23,25). The van der Waals surface area contributed by atoms with E-state index in [1.165, 1.54) is 13.2 Å². The van der Waals surface area contributed by atoms with Gasteiger partial charge in [0.1, 0.15) is 11.5 Å². The smallest absolute Gasteiger partial charge is 0.259 e. The molecule has 0 atom stereocenters. The van der Waals surface area contributed by atoms with Crippen molar-refractivity contribution in [3.05, 3.63) is 77.4 Å². The summed E-state index contributed by atoms with van der Waals surface area (Å²) in [5, 5.41) is 2.81. The van der Waals surface area contributed by atoms with E-state index in [0.29, 0.717) is 28.5 Å². The zero-order valence-corrected chi connectivity index (χ0v) is 17.2. The number of anilines is 2. The molecule has 0 bridgehead atoms. The molecule has 0 unspecified atom stereocenters. The van der Waals surface area contributed by atoms with Gasteiger partial charge in [-0.1, -0.05) is 24.3 Å². The van der Waals surface area contributed by atoms with E-state index in [1.807, 2.05) is 19.1 Å². The third-order valence-electron chi connectivity index (χ3n) is 4.64. The number of carbonyl (C=O) groups is 1. The Hall–Kier alpha value is -3.52. The van der Waals surface area contributed by atoms with E-state index >= 15 is 0 Å². The van der Waals surface area contributed by atoms with Crippen LogP contribution in [0.15, 0.2) is 60.7 Å². The summed E-state index contributed by atoms with van der Waals surface area (Å²) in [4.78, 5) is 12.7. The lowest BCUT2D eigenvalue weighted by Gasteiger charge is -2.12. The van der Waals surface area contributed by atoms with Gasteiger partial charge >= 0.3 is 0 Å². The predicted octanol–water partition coefficient (Wildman–Crippen LogP) is 4.30. The molecule has 4 rings (SSSR count). The van der Waals surface area contributed by atoms with Gasteiger partial charge in [-0.2, -0.15) is 0 Å². The molecule has 3 aromatic rings. The lowest BCUT2D eigenvalue weighted by Crippen LogP contribution is -2.16. The van der Waals surface area contributed by atoms with E-state index in [1.54, 1.807) is 42.5 Å². The number of ether oxygens (including phenoxy) is 2. The number of hydrogen-bond donors (Lipinski definition) is 2. The number of benzene rings is 3. The summed E-state index contributed by atoms with van der Waals surface area (Å²) in [6.45, 7) is 1.92. The molecule has 154 valence electrons. The summed E-state index contributed by atoms with van der Waals surface area (Å²) in [6.07, 6.45) is 0. The van der Waals surface area contributed by atoms with Gasteiger partial charge in [0.15, 0.2) is 5.75 Å². The summed E-state index contributed by atoms with van der Waals surface area (Å²) in [7, 11) is -2.25. The average Bonchev–Trinajstić information content (AvgIpc) is 2.83. The van der Waals surface area contributed by atoms with Gasteiger partial charge in [0.05, 0.1) is 24.1 Å². The zero-order valence-electron chi connectivity index (χ0n) is 16.4. The van der Waals surface area contributed by atoms with Gasteiger partial charge in [0.25, 0.3) is 5.91 Å². The summed E-state index contributed by atoms with van der Waals surface area (Å²) >= 11 is 0. The van der Waals surface area contributed by atoms with Gasteiger partial charge in [0, 0.05) is 11.3 Å². The summed E-state index contributed by atoms with van der Waals surface area (Å²) < 4.78 is 38.9. The first kappa shape index (κ1) is 19.8. The molecule has 1 aliphatic heterocycles. The highest BCUT2D eigenvalue weighted by molar-refractivity contribution is 7.91. The van der Waals surface area contributed by atoms with Crippen LogP contribution in [0.25, 0.3) is 0 Å². The van der Waals surface area contributed by atoms with E-state index in [9.17, 15) is 13.2 Å². The van der Waals surface area contributed by atoms with Gasteiger partial charge in [-0.3, -0.25) is 9.52 Å². The number of nitrogens with one attached hydrogen (secondary N) is 2. The van der Waals surface area contributed by atoms with Gasteiger partial charge in [-0.15, -0.1) is 0 Å². The minimum atomic E-state index is -3.74. The van der Waals surface area contributed by atoms with Crippen LogP contribution in [0.2, 0.25) is 0 Å². The lowest BCUT2D eigenvalue weighted by molar-refractivity contribution is 0.102. The number of carbonyl (C=O) groups excluding carboxylic acids is 1. The minimum absolute atomic E-state index is 0.237. The fourth-order valence-corrected chi connectivity index (χ4v) is 4.45. The monoisotopic (exact) mass is 424 g/mol. The molecular formula is C22H20N2O5S. The fourth-order valence-electron chi connectivity index (χ4n) is 3.24. The molecule has 0 spiro atoms. The van der Waals surface area contributed by atoms with Crippen molar-refractivity contribution in [3.63, 3.8) is 0 Å². The van der Waals surface area contributed by atoms with Gasteiger partial charge in [-0.05, 0) is 48.9 Å². The maximum atomic E-state index is 12.7. The molecular weight excluding hydrogens is 404 g/mol. The molecule has 0 saturated heterocycles. The number of amides is 1. The van der Waals surface area contributed by atoms with Gasteiger partial charge in [-0.25, -0.2) is 8.42 Å². The second-order valence-corrected chi connectivity index (χ2v) is 8.66. The highest BCUT2D eigenvalue weighted by atomic mass is 32.2. The highest BCUT2D eigenvalue weighted by Gasteiger charge is 2.22. The number of rotatable bonds is 5. The molecule has 0 aromatic heterocycles. The number of aryl methyl sites for hydroxylation is 1. The first-order valence-electron chi connectivity index (χ1n) is 9.21. The van der Waals surface area contributed by atoms with Crippen molar-refractivity contribution < 1.29 is 22.7 Å². The minimum Gasteiger partial charge on any atom is -0.496 e. The first-order chi connectivity index (χ1) is 14.3. The van der Waals surface area contributed by atoms with Crippen molar-refractivity contribution in [1.82, 2.24) is 0 Å². The van der Waals surface area contributed by atoms with Crippen LogP contribution in [0.3, 0.4) is 0 Å². The van der Waals surface area contributed by atoms with Crippen LogP contribution >= 0.6 is 0 Å². The summed E-state index contributed by atoms with van der Waals surface area (Å²) in [5.74, 6) is 0.729. The second-order valence-electron chi connectivity index (χ2n) is 6.94. The Morgan fingerprint density at radius 3 is 2.60 bits per heavy atom. The molecule has 7 nitrogen and oxygen atoms in total. The molecule has 1 aliphatic rings. The molecule has 3 aromatic carbocycles. The van der Waals surface area contributed by atoms with E-state index in [4.69, 9.17) is 9.47 Å². The molecule has 0 aliphatic carbocycles. The topological polar surface area (TPSA) is 93.7 Å². The predicted molar refractivity (Wildman–Crippen MR) is 115 cm³/mol. The lowest BCUT2D eigenvalue weighted by atomic mass is 10.1. The normalized spacial score (nSPS) is 12.7. The van der Waals surface area contributed by atoms with E-state index in [-0.39, 0.29) is 22.9 Å². The van der Waals surface area contributed by atoms with E-state index in [2.05, 4.69) is 10.0 Å². The van der Waals surface area contributed by atoms with Crippen molar-refractivity contribution >= 4 is 27.3 Å². The molecule has 0 radical (unpaired) electrons. The molecule has 1 heterocycles. The largest absolute Gasteiger partial charge is 0.496 e. The highest BCUT2D eigenvalue weighted by Crippen LogP contribution is 2.37. The van der Waals surface area contributed by atoms with Crippen LogP contribution in [0.5, 0.6) is 17.2 Å². The van der Waals surface area contributed by atoms with Crippen molar-refractivity contribution in [2.45, 2.75) is 12.7 Å². The van der Waals surface area contributed by atoms with Crippen LogP contribution in [0, 0.1) is 6.92 Å². The number of methoxy groups -OCH3 is 1. The molecule has 1 amide bonds. The van der Waals surface area contributed by atoms with Crippen molar-refractivity contribution in [2.24, 2.45) is 0 Å². The number of fused-ring (bicyclic) bond motifs is 2. The Labute approximate surface area is 174 Å². The van der Waals surface area contributed by atoms with Crippen molar-refractivity contribution in [2.75, 3.05) is 17.1 Å². The van der Waals surface area contributed by atoms with E-state index < -0.39 is 10.0 Å². The molecule has 30 heavy (non-hydrogen) atoms. The number of hydrogen-bond acceptors (Lipinski definition) is 5. The van der Waals surface area contributed by atoms with Crippen LogP contribution in [-0.4, -0.2) is 21.4 Å². The SMILES string of the molecule is COc1ccccc1CS(=O)(=O)Nc1ccc2c(c1)C(=O)Nc1cc(C)ccc1O2. The summed E-state index contributed by atoms with van der Waals surface area (Å²) in [5.41, 5.74) is 2.59.